The average Bonchev–Trinajstić information content (AvgIpc) is 3.04. The van der Waals surface area contributed by atoms with E-state index in [1.54, 1.807) is 30.3 Å². The van der Waals surface area contributed by atoms with Crippen molar-refractivity contribution in [3.8, 4) is 11.6 Å². The first-order valence-corrected chi connectivity index (χ1v) is 13.7. The van der Waals surface area contributed by atoms with E-state index < -0.39 is 57.9 Å². The van der Waals surface area contributed by atoms with E-state index in [0.29, 0.717) is 20.6 Å². The Bertz CT molecular complexity index is 2200. The maximum atomic E-state index is 13.4. The Morgan fingerprint density at radius 3 is 1.98 bits per heavy atom. The van der Waals surface area contributed by atoms with Crippen LogP contribution in [0.5, 0.6) is 5.88 Å². The van der Waals surface area contributed by atoms with Crippen molar-refractivity contribution in [3.63, 3.8) is 0 Å². The molecule has 15 heteroatoms. The van der Waals surface area contributed by atoms with Gasteiger partial charge in [0.2, 0.25) is 11.8 Å². The molecule has 234 valence electrons. The van der Waals surface area contributed by atoms with Gasteiger partial charge in [0.15, 0.2) is 0 Å². The molecular weight excluding hydrogens is 647 g/mol. The number of amides is 6. The molecule has 5 rings (SSSR count). The molecule has 14 nitrogen and oxygen atoms in total. The number of barbiturate groups is 1. The molecule has 6 amide bonds. The van der Waals surface area contributed by atoms with Gasteiger partial charge in [0.1, 0.15) is 5.57 Å². The van der Waals surface area contributed by atoms with Gasteiger partial charge in [-0.3, -0.25) is 29.3 Å². The third-order valence-electron chi connectivity index (χ3n) is 6.95. The quantitative estimate of drug-likeness (QED) is 0.0715. The number of primary amides is 2. The minimum absolute atomic E-state index is 0. The zero-order valence-corrected chi connectivity index (χ0v) is 28.3. The number of hydrogen-bond donors (Lipinski definition) is 4. The summed E-state index contributed by atoms with van der Waals surface area (Å²) >= 11 is 0. The molecule has 0 bridgehead atoms. The molecule has 0 spiro atoms. The van der Waals surface area contributed by atoms with Crippen molar-refractivity contribution < 1.29 is 80.5 Å². The molecule has 0 unspecified atom stereocenters. The number of carbonyl (C=O) groups is 5. The maximum absolute atomic E-state index is 13.4. The van der Waals surface area contributed by atoms with Crippen LogP contribution in [0.4, 0.5) is 10.5 Å². The van der Waals surface area contributed by atoms with Gasteiger partial charge in [-0.15, -0.1) is 0 Å². The summed E-state index contributed by atoms with van der Waals surface area (Å²) in [6.45, 7) is 0. The number of H-pyrrole nitrogens is 1. The predicted molar refractivity (Wildman–Crippen MR) is 168 cm³/mol. The van der Waals surface area contributed by atoms with Crippen LogP contribution in [-0.2, 0) is 9.59 Å². The molecule has 0 radical (unpaired) electrons. The molecule has 0 aliphatic carbocycles. The Kier molecular flexibility index (Phi) is 11.0. The Morgan fingerprint density at radius 1 is 0.771 bits per heavy atom. The van der Waals surface area contributed by atoms with Gasteiger partial charge >= 0.3 is 63.1 Å². The number of nitrogens with one attached hydrogen (secondary N) is 2. The van der Waals surface area contributed by atoms with Gasteiger partial charge in [-0.1, -0.05) is 54.6 Å². The molecule has 3 aromatic carbocycles. The van der Waals surface area contributed by atoms with Gasteiger partial charge in [-0.05, 0) is 65.6 Å². The molecule has 0 atom stereocenters. The fourth-order valence-corrected chi connectivity index (χ4v) is 4.64. The summed E-state index contributed by atoms with van der Waals surface area (Å²) < 4.78 is 0.672. The van der Waals surface area contributed by atoms with E-state index in [2.05, 4.69) is 10.3 Å². The van der Waals surface area contributed by atoms with Gasteiger partial charge in [-0.25, -0.2) is 19.1 Å². The van der Waals surface area contributed by atoms with Crippen LogP contribution in [0.1, 0.15) is 31.8 Å². The standard InChI is InChI=1S/C33H24N6O8.K/c34-26(40)20-8-4-10-22(16-20)38-30(44)24(28(42)36-32(38)46)14-12-19(18-6-2-1-3-7-18)13-15-25-29(43)37-33(47)39(31(25)45)23-11-5-9-21(17-23)27(35)41;/h1-17,42H,(H2,34,40)(H2,35,41)(H,36,46)(H,37,43,47);/q;+1/p-1/b14-12+,19-13-,25-15-;. The number of aromatic amines is 1. The van der Waals surface area contributed by atoms with Crippen LogP contribution in [0.15, 0.2) is 112 Å². The fourth-order valence-electron chi connectivity index (χ4n) is 4.64. The Hall–Kier alpha value is -5.45. The number of imide groups is 2. The van der Waals surface area contributed by atoms with Gasteiger partial charge in [0.05, 0.1) is 11.4 Å². The first-order valence-electron chi connectivity index (χ1n) is 13.7. The zero-order chi connectivity index (χ0) is 33.8. The second-order valence-electron chi connectivity index (χ2n) is 9.94. The molecule has 1 aromatic heterocycles. The molecule has 1 fully saturated rings. The molecule has 48 heavy (non-hydrogen) atoms. The van der Waals surface area contributed by atoms with E-state index in [9.17, 15) is 38.7 Å². The number of carbonyl (C=O) groups excluding carboxylic acids is 5. The van der Waals surface area contributed by atoms with E-state index >= 15 is 0 Å². The fraction of sp³-hybridized carbons (Fsp3) is 0. The van der Waals surface area contributed by atoms with Crippen LogP contribution in [0.25, 0.3) is 17.3 Å². The van der Waals surface area contributed by atoms with Crippen LogP contribution in [-0.4, -0.2) is 39.2 Å². The van der Waals surface area contributed by atoms with Crippen molar-refractivity contribution in [1.82, 2.24) is 14.9 Å². The van der Waals surface area contributed by atoms with Gasteiger partial charge in [0.25, 0.3) is 17.4 Å². The number of allylic oxidation sites excluding steroid dienone is 4. The van der Waals surface area contributed by atoms with Crippen LogP contribution in [0, 0.1) is 0 Å². The first-order chi connectivity index (χ1) is 22.5. The smallest absolute Gasteiger partial charge is 0.860 e. The number of urea groups is 1. The summed E-state index contributed by atoms with van der Waals surface area (Å²) in [5, 5.41) is 14.8. The average molecular weight is 671 g/mol. The molecule has 2 heterocycles. The summed E-state index contributed by atoms with van der Waals surface area (Å²) in [5.74, 6) is -4.55. The molecule has 1 aliphatic heterocycles. The number of benzene rings is 3. The van der Waals surface area contributed by atoms with E-state index in [4.69, 9.17) is 11.5 Å². The largest absolute Gasteiger partial charge is 1.00 e. The Balaban J connectivity index is 0.00000520. The number of aromatic nitrogens is 2. The van der Waals surface area contributed by atoms with Crippen LogP contribution >= 0.6 is 0 Å². The number of hydrogen-bond acceptors (Lipinski definition) is 8. The van der Waals surface area contributed by atoms with Crippen LogP contribution in [0.3, 0.4) is 0 Å². The van der Waals surface area contributed by atoms with Crippen molar-refractivity contribution in [3.05, 3.63) is 146 Å². The molecule has 6 N–H and O–H groups in total. The Morgan fingerprint density at radius 2 is 1.35 bits per heavy atom. The third-order valence-corrected chi connectivity index (χ3v) is 6.95. The number of nitrogens with two attached hydrogens (primary N) is 2. The summed E-state index contributed by atoms with van der Waals surface area (Å²) in [6.07, 6.45) is 5.02. The maximum Gasteiger partial charge on any atom is 1.00 e. The molecule has 1 saturated heterocycles. The minimum atomic E-state index is -1.04. The monoisotopic (exact) mass is 670 g/mol. The van der Waals surface area contributed by atoms with Gasteiger partial charge in [0, 0.05) is 16.7 Å². The first kappa shape index (κ1) is 35.4. The minimum Gasteiger partial charge on any atom is -0.860 e. The second kappa shape index (κ2) is 15.0. The second-order valence-corrected chi connectivity index (χ2v) is 9.94. The van der Waals surface area contributed by atoms with E-state index in [1.165, 1.54) is 60.7 Å². The summed E-state index contributed by atoms with van der Waals surface area (Å²) in [7, 11) is 0. The van der Waals surface area contributed by atoms with Crippen LogP contribution in [0.2, 0.25) is 0 Å². The van der Waals surface area contributed by atoms with E-state index in [0.717, 1.165) is 12.2 Å². The molecule has 1 aliphatic rings. The molecule has 4 aromatic rings. The van der Waals surface area contributed by atoms with Crippen LogP contribution < -0.4 is 89.4 Å². The zero-order valence-electron chi connectivity index (χ0n) is 25.1. The number of nitrogens with zero attached hydrogens (tertiary/aromatic N) is 2. The summed E-state index contributed by atoms with van der Waals surface area (Å²) in [4.78, 5) is 90.8. The topological polar surface area (TPSA) is 231 Å². The van der Waals surface area contributed by atoms with Crippen molar-refractivity contribution in [2.24, 2.45) is 11.5 Å². The van der Waals surface area contributed by atoms with Gasteiger partial charge < -0.3 is 21.6 Å². The van der Waals surface area contributed by atoms with Crippen molar-refractivity contribution in [1.29, 1.82) is 0 Å². The van der Waals surface area contributed by atoms with E-state index in [1.807, 2.05) is 0 Å². The Labute approximate surface area is 313 Å². The number of rotatable bonds is 8. The van der Waals surface area contributed by atoms with Crippen molar-refractivity contribution >= 4 is 47.0 Å². The number of anilines is 1. The predicted octanol–water partition coefficient (Wildman–Crippen LogP) is -1.89. The molecule has 0 saturated carbocycles. The normalized spacial score (nSPS) is 14.2. The van der Waals surface area contributed by atoms with Crippen molar-refractivity contribution in [2.75, 3.05) is 4.90 Å². The summed E-state index contributed by atoms with van der Waals surface area (Å²) in [6, 6.07) is 18.3. The SMILES string of the molecule is NC(=O)c1cccc(N2C(=O)NC(=O)/C(=C/C=C(/C=C/c3c([O-])[nH]c(=O)n(-c4cccc(C(N)=O)c4)c3=O)c3ccccc3)C2=O)c1.[K+]. The third kappa shape index (κ3) is 7.40. The van der Waals surface area contributed by atoms with Gasteiger partial charge in [-0.2, -0.15) is 0 Å². The van der Waals surface area contributed by atoms with E-state index in [-0.39, 0.29) is 73.9 Å². The molecular formula is C33H23KN6O8. The van der Waals surface area contributed by atoms with Crippen molar-refractivity contribution in [2.45, 2.75) is 0 Å². The summed E-state index contributed by atoms with van der Waals surface area (Å²) in [5.41, 5.74) is 8.62.